The van der Waals surface area contributed by atoms with Crippen LogP contribution in [0.1, 0.15) is 47.6 Å². The van der Waals surface area contributed by atoms with Crippen molar-refractivity contribution in [3.8, 4) is 0 Å². The van der Waals surface area contributed by atoms with Gasteiger partial charge in [-0.25, -0.2) is 10.4 Å². The number of hydrazone groups is 1. The highest BCUT2D eigenvalue weighted by Gasteiger charge is 2.16. The van der Waals surface area contributed by atoms with Crippen molar-refractivity contribution in [3.05, 3.63) is 53.1 Å². The van der Waals surface area contributed by atoms with E-state index in [1.807, 2.05) is 6.07 Å². The number of amides is 1. The normalized spacial score (nSPS) is 15.5. The first-order valence-electron chi connectivity index (χ1n) is 7.35. The Morgan fingerprint density at radius 3 is 3.00 bits per heavy atom. The molecule has 0 atom stereocenters. The van der Waals surface area contributed by atoms with E-state index in [2.05, 4.69) is 32.5 Å². The molecule has 1 aliphatic rings. The lowest BCUT2D eigenvalue weighted by atomic mass is 10.2. The molecule has 1 aliphatic carbocycles. The predicted octanol–water partition coefficient (Wildman–Crippen LogP) is 3.42. The second-order valence-corrected chi connectivity index (χ2v) is 5.73. The van der Waals surface area contributed by atoms with Crippen molar-refractivity contribution in [2.75, 3.05) is 0 Å². The number of carbonyl (C=O) groups excluding carboxylic acids is 1. The molecule has 6 heteroatoms. The van der Waals surface area contributed by atoms with Gasteiger partial charge in [-0.05, 0) is 31.0 Å². The largest absolute Gasteiger partial charge is 0.351 e. The number of hydrogen-bond acceptors (Lipinski definition) is 3. The van der Waals surface area contributed by atoms with E-state index in [0.717, 1.165) is 5.56 Å². The molecule has 2 aromatic rings. The van der Waals surface area contributed by atoms with Gasteiger partial charge in [-0.15, -0.1) is 0 Å². The SMILES string of the molecule is O=C(N/N=C\c1ccn(C2CCCC2)c1)c1cccnc1Cl. The van der Waals surface area contributed by atoms with Crippen LogP contribution in [0.5, 0.6) is 0 Å². The van der Waals surface area contributed by atoms with E-state index in [0.29, 0.717) is 11.6 Å². The summed E-state index contributed by atoms with van der Waals surface area (Å²) in [6, 6.07) is 5.86. The highest BCUT2D eigenvalue weighted by atomic mass is 35.5. The van der Waals surface area contributed by atoms with Gasteiger partial charge in [0.2, 0.25) is 0 Å². The van der Waals surface area contributed by atoms with E-state index in [1.165, 1.54) is 31.9 Å². The highest BCUT2D eigenvalue weighted by molar-refractivity contribution is 6.32. The number of pyridine rings is 1. The minimum atomic E-state index is -0.371. The van der Waals surface area contributed by atoms with E-state index >= 15 is 0 Å². The van der Waals surface area contributed by atoms with Crippen LogP contribution in [0.4, 0.5) is 0 Å². The van der Waals surface area contributed by atoms with Gasteiger partial charge < -0.3 is 4.57 Å². The topological polar surface area (TPSA) is 59.3 Å². The van der Waals surface area contributed by atoms with Gasteiger partial charge in [-0.1, -0.05) is 24.4 Å². The lowest BCUT2D eigenvalue weighted by Crippen LogP contribution is -2.18. The number of hydrogen-bond donors (Lipinski definition) is 1. The van der Waals surface area contributed by atoms with Gasteiger partial charge in [-0.2, -0.15) is 5.10 Å². The van der Waals surface area contributed by atoms with Crippen LogP contribution in [-0.2, 0) is 0 Å². The smallest absolute Gasteiger partial charge is 0.274 e. The Balaban J connectivity index is 1.60. The highest BCUT2D eigenvalue weighted by Crippen LogP contribution is 2.29. The number of aromatic nitrogens is 2. The van der Waals surface area contributed by atoms with Gasteiger partial charge in [0, 0.05) is 30.2 Å². The van der Waals surface area contributed by atoms with Crippen molar-refractivity contribution in [1.82, 2.24) is 15.0 Å². The quantitative estimate of drug-likeness (QED) is 0.534. The van der Waals surface area contributed by atoms with E-state index in [1.54, 1.807) is 18.3 Å². The zero-order valence-electron chi connectivity index (χ0n) is 12.1. The Morgan fingerprint density at radius 2 is 2.23 bits per heavy atom. The lowest BCUT2D eigenvalue weighted by Gasteiger charge is -2.10. The molecule has 0 aromatic carbocycles. The third-order valence-corrected chi connectivity index (χ3v) is 4.17. The van der Waals surface area contributed by atoms with Crippen LogP contribution < -0.4 is 5.43 Å². The molecule has 0 aliphatic heterocycles. The Hall–Kier alpha value is -2.14. The third-order valence-electron chi connectivity index (χ3n) is 3.87. The summed E-state index contributed by atoms with van der Waals surface area (Å²) in [7, 11) is 0. The summed E-state index contributed by atoms with van der Waals surface area (Å²) in [5.41, 5.74) is 3.74. The second kappa shape index (κ2) is 6.75. The van der Waals surface area contributed by atoms with Crippen molar-refractivity contribution in [2.45, 2.75) is 31.7 Å². The fourth-order valence-electron chi connectivity index (χ4n) is 2.72. The fraction of sp³-hybridized carbons (Fsp3) is 0.312. The number of carbonyl (C=O) groups is 1. The number of nitrogens with zero attached hydrogens (tertiary/aromatic N) is 3. The number of halogens is 1. The lowest BCUT2D eigenvalue weighted by molar-refractivity contribution is 0.0955. The van der Waals surface area contributed by atoms with Crippen LogP contribution in [0.2, 0.25) is 5.15 Å². The molecule has 0 unspecified atom stereocenters. The zero-order chi connectivity index (χ0) is 15.4. The molecule has 0 bridgehead atoms. The molecule has 0 spiro atoms. The van der Waals surface area contributed by atoms with Crippen LogP contribution in [0.3, 0.4) is 0 Å². The Labute approximate surface area is 134 Å². The number of rotatable bonds is 4. The molecule has 2 aromatic heterocycles. The molecule has 1 amide bonds. The summed E-state index contributed by atoms with van der Waals surface area (Å²) in [6.45, 7) is 0. The van der Waals surface area contributed by atoms with Crippen LogP contribution >= 0.6 is 11.6 Å². The van der Waals surface area contributed by atoms with Gasteiger partial charge in [0.05, 0.1) is 11.8 Å². The van der Waals surface area contributed by atoms with E-state index in [4.69, 9.17) is 11.6 Å². The van der Waals surface area contributed by atoms with Gasteiger partial charge in [0.1, 0.15) is 5.15 Å². The average Bonchev–Trinajstić information content (AvgIpc) is 3.18. The van der Waals surface area contributed by atoms with Crippen molar-refractivity contribution < 1.29 is 4.79 Å². The summed E-state index contributed by atoms with van der Waals surface area (Å²) in [6.07, 6.45) is 12.4. The first-order chi connectivity index (χ1) is 10.7. The minimum absolute atomic E-state index is 0.169. The van der Waals surface area contributed by atoms with Crippen LogP contribution in [-0.4, -0.2) is 21.7 Å². The van der Waals surface area contributed by atoms with Crippen LogP contribution in [0.15, 0.2) is 41.9 Å². The monoisotopic (exact) mass is 316 g/mol. The molecule has 1 fully saturated rings. The first kappa shape index (κ1) is 14.8. The van der Waals surface area contributed by atoms with Crippen LogP contribution in [0.25, 0.3) is 0 Å². The predicted molar refractivity (Wildman–Crippen MR) is 86.2 cm³/mol. The summed E-state index contributed by atoms with van der Waals surface area (Å²) >= 11 is 5.86. The standard InChI is InChI=1S/C16H17ClN4O/c17-15-14(6-3-8-18-15)16(22)20-19-10-12-7-9-21(11-12)13-4-1-2-5-13/h3,6-11,13H,1-2,4-5H2,(H,20,22)/b19-10-. The van der Waals surface area contributed by atoms with Crippen molar-refractivity contribution in [3.63, 3.8) is 0 Å². The minimum Gasteiger partial charge on any atom is -0.351 e. The zero-order valence-corrected chi connectivity index (χ0v) is 12.8. The van der Waals surface area contributed by atoms with E-state index in [-0.39, 0.29) is 11.1 Å². The van der Waals surface area contributed by atoms with Crippen LogP contribution in [0, 0.1) is 0 Å². The number of nitrogens with one attached hydrogen (secondary N) is 1. The van der Waals surface area contributed by atoms with E-state index in [9.17, 15) is 4.79 Å². The van der Waals surface area contributed by atoms with E-state index < -0.39 is 0 Å². The summed E-state index contributed by atoms with van der Waals surface area (Å²) < 4.78 is 2.23. The molecule has 0 radical (unpaired) electrons. The molecule has 0 saturated heterocycles. The molecule has 22 heavy (non-hydrogen) atoms. The Bertz CT molecular complexity index is 689. The average molecular weight is 317 g/mol. The Kier molecular flexibility index (Phi) is 4.53. The first-order valence-corrected chi connectivity index (χ1v) is 7.73. The molecule has 114 valence electrons. The fourth-order valence-corrected chi connectivity index (χ4v) is 2.92. The second-order valence-electron chi connectivity index (χ2n) is 5.37. The third kappa shape index (κ3) is 3.36. The van der Waals surface area contributed by atoms with Crippen molar-refractivity contribution >= 4 is 23.7 Å². The molecule has 1 N–H and O–H groups in total. The maximum Gasteiger partial charge on any atom is 0.274 e. The molecule has 3 rings (SSSR count). The van der Waals surface area contributed by atoms with Gasteiger partial charge >= 0.3 is 0 Å². The van der Waals surface area contributed by atoms with Gasteiger partial charge in [0.15, 0.2) is 0 Å². The molecule has 5 nitrogen and oxygen atoms in total. The molecule has 2 heterocycles. The summed E-state index contributed by atoms with van der Waals surface area (Å²) in [5, 5.41) is 4.14. The van der Waals surface area contributed by atoms with Gasteiger partial charge in [-0.3, -0.25) is 4.79 Å². The molecule has 1 saturated carbocycles. The molecular formula is C16H17ClN4O. The van der Waals surface area contributed by atoms with Crippen molar-refractivity contribution in [2.24, 2.45) is 5.10 Å². The maximum atomic E-state index is 11.9. The maximum absolute atomic E-state index is 11.9. The summed E-state index contributed by atoms with van der Waals surface area (Å²) in [5.74, 6) is -0.371. The molecular weight excluding hydrogens is 300 g/mol. The van der Waals surface area contributed by atoms with Gasteiger partial charge in [0.25, 0.3) is 5.91 Å². The van der Waals surface area contributed by atoms with Crippen molar-refractivity contribution in [1.29, 1.82) is 0 Å². The Morgan fingerprint density at radius 1 is 1.41 bits per heavy atom. The summed E-state index contributed by atoms with van der Waals surface area (Å²) in [4.78, 5) is 15.8.